The van der Waals surface area contributed by atoms with Gasteiger partial charge in [-0.05, 0) is 50.7 Å². The van der Waals surface area contributed by atoms with Gasteiger partial charge >= 0.3 is 0 Å². The van der Waals surface area contributed by atoms with E-state index in [1.54, 1.807) is 0 Å². The number of ether oxygens (including phenoxy) is 16. The summed E-state index contributed by atoms with van der Waals surface area (Å²) >= 11 is 0. The van der Waals surface area contributed by atoms with Gasteiger partial charge in [-0.15, -0.1) is 0 Å². The second-order valence-electron chi connectivity index (χ2n) is 28.5. The molecule has 30 heterocycles. The number of nitrogens with one attached hydrogen (secondary N) is 1. The van der Waals surface area contributed by atoms with Crippen LogP contribution in [-0.4, -0.2) is 422 Å². The van der Waals surface area contributed by atoms with Crippen LogP contribution < -0.4 is 5.32 Å². The predicted molar refractivity (Wildman–Crippen MR) is 350 cm³/mol. The zero-order chi connectivity index (χ0) is 77.9. The number of rotatable bonds is 13. The largest absolute Gasteiger partial charge is 0.394 e. The van der Waals surface area contributed by atoms with Crippen molar-refractivity contribution in [1.29, 1.82) is 0 Å². The maximum absolute atomic E-state index is 14.0. The van der Waals surface area contributed by atoms with Crippen LogP contribution in [0.5, 0.6) is 0 Å². The van der Waals surface area contributed by atoms with Crippen molar-refractivity contribution in [1.82, 2.24) is 5.32 Å². The third-order valence-electron chi connectivity index (χ3n) is 21.7. The zero-order valence-electron chi connectivity index (χ0n) is 57.8. The third kappa shape index (κ3) is 16.2. The van der Waals surface area contributed by atoms with E-state index in [0.717, 1.165) is 37.9 Å². The smallest absolute Gasteiger partial charge is 0.220 e. The number of aliphatic hydroxyl groups excluding tert-OH is 23. The number of aliphatic hydroxyl groups is 23. The summed E-state index contributed by atoms with van der Waals surface area (Å²) in [6, 6.07) is 18.1. The highest BCUT2D eigenvalue weighted by Crippen LogP contribution is 2.42. The first kappa shape index (κ1) is 82.8. The molecule has 24 N–H and O–H groups in total. The lowest BCUT2D eigenvalue weighted by Gasteiger charge is -2.50. The van der Waals surface area contributed by atoms with Gasteiger partial charge in [-0.1, -0.05) is 54.6 Å². The molecule has 0 aromatic heterocycles. The number of amides is 1. The van der Waals surface area contributed by atoms with E-state index < -0.39 is 304 Å². The molecule has 16 bridgehead atoms. The second kappa shape index (κ2) is 35.1. The fourth-order valence-corrected chi connectivity index (χ4v) is 15.7. The first-order valence-corrected chi connectivity index (χ1v) is 35.8. The van der Waals surface area contributed by atoms with Crippen molar-refractivity contribution in [3.8, 4) is 0 Å². The molecule has 4 aromatic rings. The monoisotopic (exact) mass is 1570 g/mol. The molecule has 30 aliphatic rings. The molecule has 30 saturated heterocycles. The molecule has 41 heteroatoms. The summed E-state index contributed by atoms with van der Waals surface area (Å²) in [6.45, 7) is -8.29. The van der Waals surface area contributed by atoms with Gasteiger partial charge in [-0.2, -0.15) is 0 Å². The summed E-state index contributed by atoms with van der Waals surface area (Å²) in [7, 11) is 0. The van der Waals surface area contributed by atoms with Gasteiger partial charge in [-0.3, -0.25) is 4.79 Å². The number of hydrogen-bond acceptors (Lipinski definition) is 40. The molecule has 0 unspecified atom stereocenters. The average Bonchev–Trinajstić information content (AvgIpc) is 0.740. The van der Waals surface area contributed by atoms with Crippen LogP contribution in [0.15, 0.2) is 54.6 Å². The summed E-state index contributed by atoms with van der Waals surface area (Å²) < 4.78 is 93.6. The molecule has 4 aromatic carbocycles. The highest BCUT2D eigenvalue weighted by molar-refractivity contribution is 6.23. The normalized spacial score (nSPS) is 47.1. The Balaban J connectivity index is 0.763. The molecule has 0 saturated carbocycles. The van der Waals surface area contributed by atoms with Crippen LogP contribution in [0.2, 0.25) is 0 Å². The summed E-state index contributed by atoms with van der Waals surface area (Å²) in [5.74, 6) is -0.583. The minimum Gasteiger partial charge on any atom is -0.394 e. The average molecular weight is 1570 g/mol. The predicted octanol–water partition coefficient (Wildman–Crippen LogP) is -12.4. The van der Waals surface area contributed by atoms with Crippen molar-refractivity contribution >= 4 is 38.2 Å². The van der Waals surface area contributed by atoms with E-state index in [1.807, 2.05) is 48.5 Å². The lowest BCUT2D eigenvalue weighted by Crippen LogP contribution is -2.69. The molecule has 30 aliphatic heterocycles. The highest BCUT2D eigenvalue weighted by Gasteiger charge is 2.61. The molecule has 41 nitrogen and oxygen atoms in total. The molecule has 612 valence electrons. The molecular weight excluding hydrogens is 1470 g/mol. The summed E-state index contributed by atoms with van der Waals surface area (Å²) in [6.07, 6.45) is -82.4. The van der Waals surface area contributed by atoms with Crippen LogP contribution in [0.3, 0.4) is 0 Å². The number of hydrogen-bond donors (Lipinski definition) is 24. The van der Waals surface area contributed by atoms with E-state index in [4.69, 9.17) is 75.8 Å². The van der Waals surface area contributed by atoms with Gasteiger partial charge in [0.25, 0.3) is 0 Å². The quantitative estimate of drug-likeness (QED) is 0.0553. The third-order valence-corrected chi connectivity index (χ3v) is 21.7. The number of aryl methyl sites for hydroxylation is 1. The lowest BCUT2D eigenvalue weighted by atomic mass is 9.90. The van der Waals surface area contributed by atoms with Crippen molar-refractivity contribution in [3.63, 3.8) is 0 Å². The Bertz CT molecular complexity index is 3580. The summed E-state index contributed by atoms with van der Waals surface area (Å²) in [5.41, 5.74) is 0.958. The molecule has 1 amide bonds. The minimum atomic E-state index is -2.30. The van der Waals surface area contributed by atoms with Crippen LogP contribution >= 0.6 is 0 Å². The number of benzene rings is 4. The van der Waals surface area contributed by atoms with E-state index in [-0.39, 0.29) is 6.42 Å². The fraction of sp³-hybridized carbons (Fsp3) is 0.750. The van der Waals surface area contributed by atoms with Crippen LogP contribution in [0.25, 0.3) is 32.3 Å². The minimum absolute atomic E-state index is 0.106. The van der Waals surface area contributed by atoms with E-state index in [9.17, 15) is 122 Å². The van der Waals surface area contributed by atoms with Gasteiger partial charge in [0.2, 0.25) is 5.91 Å². The van der Waals surface area contributed by atoms with Crippen molar-refractivity contribution in [2.24, 2.45) is 0 Å². The van der Waals surface area contributed by atoms with Crippen LogP contribution in [0, 0.1) is 0 Å². The number of carbonyl (C=O) groups is 1. The fourth-order valence-electron chi connectivity index (χ4n) is 15.7. The first-order valence-electron chi connectivity index (χ1n) is 35.8. The Kier molecular flexibility index (Phi) is 26.7. The van der Waals surface area contributed by atoms with E-state index in [0.29, 0.717) is 12.8 Å². The second-order valence-corrected chi connectivity index (χ2v) is 28.5. The Labute approximate surface area is 617 Å². The summed E-state index contributed by atoms with van der Waals surface area (Å²) in [5, 5.41) is 269. The molecule has 34 rings (SSSR count). The Morgan fingerprint density at radius 3 is 0.798 bits per heavy atom. The molecule has 0 radical (unpaired) electrons. The molecule has 0 aliphatic carbocycles. The Morgan fingerprint density at radius 1 is 0.284 bits per heavy atom. The first-order chi connectivity index (χ1) is 52.3. The maximum atomic E-state index is 14.0. The Morgan fingerprint density at radius 2 is 0.523 bits per heavy atom. The highest BCUT2D eigenvalue weighted by atomic mass is 16.8. The SMILES string of the molecule is O=C(CCCc1cc2cccc3ccc4cccc1c4c32)NC[C@H]1O[C@@H]2O[C@H]3[C@H](O)[C@@H](O)[C@@H](O[C@H]4[C@H](O)[C@@H](O)[C@@H](O[C@H]5[C@H](O)[C@@H](O)[C@@H](O[C@H]6[C@H](O)[C@@H](O)[C@@H](O[C@H]7[C@H](O)[C@@H](O)[C@@H](O[C@H]8[C@H](O)[C@@H](O)[C@@H](O[C@H]9[C@H](O)[C@@H](O)[C@@H](O[C@H]1[C@H](O)[C@H]2O)O[C@@H]9CO)O[C@@H]8CO)O[C@@H]7CO)O[C@@H]6CO)O[C@@H]5CO)O[C@@H]4CO)O[C@@H]3CO. The van der Waals surface area contributed by atoms with Crippen molar-refractivity contribution < 1.29 is 198 Å². The van der Waals surface area contributed by atoms with E-state index in [2.05, 4.69) is 11.4 Å². The van der Waals surface area contributed by atoms with Gasteiger partial charge in [0.15, 0.2) is 50.3 Å². The standard InChI is InChI=1S/C68H95NO40/c70-14-27-54-39(80)47(88)63(96-27)105-56-29(16-72)98-65(49(90)41(56)82)107-58-31(18-74)100-67(51(92)43(58)84)109-60-33(20-76)101-68(52(93)44(60)85)108-59-32(19-75)99-66(50(91)42(59)83)106-57-30(17-73)97-64(48(89)40(57)81)104-55-28(15-71)95-62(46(87)38(55)79)102-53-26(94-61(103-54)45(86)37(53)78)13-69-34(77)9-3-6-23-12-24-7-1-4-21-10-11-22-5-2-8-25(23)36(22)35(21)24/h1-2,4-5,7-8,10-12,26-33,37-68,70-76,78-93H,3,6,9,13-20H2,(H,69,77)/t26-,27-,28-,29-,30-,31-,32-,33-,37-,38-,39-,40-,41-,42-,43-,44-,45-,46-,47-,48-,49-,50-,51-,52-,53-,54-,55-,56-,57-,58-,59-,60-,61-,62-,63-,64-,65-,66-,67-,68-/m1/s1. The molecule has 0 spiro atoms. The molecule has 30 fully saturated rings. The van der Waals surface area contributed by atoms with Crippen LogP contribution in [-0.2, 0) is 87.0 Å². The van der Waals surface area contributed by atoms with Gasteiger partial charge < -0.3 is 199 Å². The van der Waals surface area contributed by atoms with Gasteiger partial charge in [0, 0.05) is 13.0 Å². The summed E-state index contributed by atoms with van der Waals surface area (Å²) in [4.78, 5) is 14.0. The van der Waals surface area contributed by atoms with Crippen LogP contribution in [0.1, 0.15) is 18.4 Å². The van der Waals surface area contributed by atoms with Crippen molar-refractivity contribution in [3.05, 3.63) is 60.2 Å². The van der Waals surface area contributed by atoms with Crippen molar-refractivity contribution in [2.45, 2.75) is 265 Å². The zero-order valence-corrected chi connectivity index (χ0v) is 57.8. The topological polar surface area (TPSA) is 642 Å². The van der Waals surface area contributed by atoms with Gasteiger partial charge in [0.05, 0.1) is 46.2 Å². The maximum Gasteiger partial charge on any atom is 0.220 e. The van der Waals surface area contributed by atoms with Gasteiger partial charge in [0.1, 0.15) is 195 Å². The molecular formula is C68H95NO40. The van der Waals surface area contributed by atoms with Crippen LogP contribution in [0.4, 0.5) is 0 Å². The lowest BCUT2D eigenvalue weighted by molar-refractivity contribution is -0.403. The van der Waals surface area contributed by atoms with E-state index >= 15 is 0 Å². The number of carbonyl (C=O) groups excluding carboxylic acids is 1. The molecule has 40 atom stereocenters. The molecule has 109 heavy (non-hydrogen) atoms. The van der Waals surface area contributed by atoms with Crippen molar-refractivity contribution in [2.75, 3.05) is 52.8 Å². The van der Waals surface area contributed by atoms with E-state index in [1.165, 1.54) is 0 Å². The van der Waals surface area contributed by atoms with Gasteiger partial charge in [-0.25, -0.2) is 0 Å². The Hall–Kier alpha value is -4.17.